The first kappa shape index (κ1) is 19.0. The zero-order valence-corrected chi connectivity index (χ0v) is 16.4. The van der Waals surface area contributed by atoms with Gasteiger partial charge in [0.05, 0.1) is 25.4 Å². The summed E-state index contributed by atoms with van der Waals surface area (Å²) in [5.41, 5.74) is 6.22. The molecule has 0 spiro atoms. The van der Waals surface area contributed by atoms with Gasteiger partial charge in [-0.3, -0.25) is 4.79 Å². The largest absolute Gasteiger partial charge is 0.488 e. The predicted molar refractivity (Wildman–Crippen MR) is 106 cm³/mol. The van der Waals surface area contributed by atoms with Crippen molar-refractivity contribution < 1.29 is 19.4 Å². The second-order valence-electron chi connectivity index (χ2n) is 6.49. The molecule has 4 N–H and O–H groups in total. The third kappa shape index (κ3) is 3.68. The Bertz CT molecular complexity index is 862. The molecule has 0 radical (unpaired) electrons. The third-order valence-electron chi connectivity index (χ3n) is 4.33. The summed E-state index contributed by atoms with van der Waals surface area (Å²) in [5, 5.41) is 13.3. The molecule has 2 aromatic rings. The van der Waals surface area contributed by atoms with Gasteiger partial charge in [-0.25, -0.2) is 0 Å². The van der Waals surface area contributed by atoms with Crippen LogP contribution in [0.5, 0.6) is 5.75 Å². The van der Waals surface area contributed by atoms with E-state index in [1.165, 1.54) is 0 Å². The van der Waals surface area contributed by atoms with E-state index in [0.717, 1.165) is 15.0 Å². The Morgan fingerprint density at radius 2 is 2.23 bits per heavy atom. The van der Waals surface area contributed by atoms with Crippen LogP contribution in [0.1, 0.15) is 22.2 Å². The number of amides is 1. The molecule has 1 aliphatic rings. The van der Waals surface area contributed by atoms with Crippen molar-refractivity contribution in [2.24, 2.45) is 5.73 Å². The molecule has 8 heteroatoms. The Balaban J connectivity index is 1.87. The molecular weight excluding hydrogens is 372 g/mol. The number of thiophene rings is 1. The van der Waals surface area contributed by atoms with Crippen LogP contribution in [0, 0.1) is 6.92 Å². The van der Waals surface area contributed by atoms with E-state index >= 15 is 0 Å². The molecular formula is C18H22N2O4S2. The predicted octanol–water partition coefficient (Wildman–Crippen LogP) is 2.20. The van der Waals surface area contributed by atoms with Crippen molar-refractivity contribution in [1.29, 1.82) is 0 Å². The summed E-state index contributed by atoms with van der Waals surface area (Å²) in [6.45, 7) is 4.44. The number of hydrogen-bond acceptors (Lipinski definition) is 7. The molecule has 2 heterocycles. The normalized spacial score (nSPS) is 16.8. The minimum atomic E-state index is -0.684. The Hall–Kier alpha value is -1.74. The number of carbonyl (C=O) groups is 1. The van der Waals surface area contributed by atoms with Gasteiger partial charge in [0.2, 0.25) is 0 Å². The molecule has 1 aromatic heterocycles. The molecule has 1 saturated heterocycles. The number of aliphatic hydroxyl groups excluding tert-OH is 1. The van der Waals surface area contributed by atoms with E-state index < -0.39 is 5.54 Å². The van der Waals surface area contributed by atoms with Crippen molar-refractivity contribution in [3.05, 3.63) is 39.2 Å². The SMILES string of the molecule is C/C(N)=C(/S)COc1ccc2sc(C)c(C(=O)NC3(CO)COC3)c2c1. The molecule has 6 nitrogen and oxygen atoms in total. The second-order valence-corrected chi connectivity index (χ2v) is 8.29. The number of ether oxygens (including phenoxy) is 2. The average molecular weight is 395 g/mol. The molecule has 1 aliphatic heterocycles. The molecule has 0 aliphatic carbocycles. The first-order chi connectivity index (χ1) is 12.3. The quantitative estimate of drug-likeness (QED) is 0.564. The maximum absolute atomic E-state index is 12.8. The van der Waals surface area contributed by atoms with Crippen molar-refractivity contribution in [2.75, 3.05) is 26.4 Å². The van der Waals surface area contributed by atoms with Crippen LogP contribution in [0.4, 0.5) is 0 Å². The lowest BCUT2D eigenvalue weighted by Gasteiger charge is -2.40. The van der Waals surface area contributed by atoms with Crippen LogP contribution >= 0.6 is 24.0 Å². The Morgan fingerprint density at radius 3 is 2.81 bits per heavy atom. The first-order valence-electron chi connectivity index (χ1n) is 8.16. The van der Waals surface area contributed by atoms with Gasteiger partial charge in [0.1, 0.15) is 17.9 Å². The van der Waals surface area contributed by atoms with Crippen molar-refractivity contribution in [1.82, 2.24) is 5.32 Å². The number of benzene rings is 1. The number of carbonyl (C=O) groups excluding carboxylic acids is 1. The maximum atomic E-state index is 12.8. The van der Waals surface area contributed by atoms with E-state index in [0.29, 0.717) is 35.1 Å². The monoisotopic (exact) mass is 394 g/mol. The van der Waals surface area contributed by atoms with Gasteiger partial charge in [0, 0.05) is 25.6 Å². The minimum Gasteiger partial charge on any atom is -0.488 e. The molecule has 0 saturated carbocycles. The number of allylic oxidation sites excluding steroid dienone is 1. The van der Waals surface area contributed by atoms with E-state index in [2.05, 4.69) is 17.9 Å². The van der Waals surface area contributed by atoms with E-state index in [1.807, 2.05) is 25.1 Å². The standard InChI is InChI=1S/C18H22N2O4S2/c1-10(19)14(25)6-24-12-3-4-15-13(5-12)16(11(2)26-15)17(22)20-18(7-21)8-23-9-18/h3-5,21,25H,6-9,19H2,1-2H3,(H,20,22)/b14-10-. The molecule has 3 rings (SSSR count). The van der Waals surface area contributed by atoms with E-state index in [9.17, 15) is 9.90 Å². The Morgan fingerprint density at radius 1 is 1.50 bits per heavy atom. The van der Waals surface area contributed by atoms with Crippen LogP contribution < -0.4 is 15.8 Å². The van der Waals surface area contributed by atoms with Gasteiger partial charge < -0.3 is 25.6 Å². The summed E-state index contributed by atoms with van der Waals surface area (Å²) in [7, 11) is 0. The number of nitrogens with two attached hydrogens (primary N) is 1. The molecule has 1 aromatic carbocycles. The molecule has 26 heavy (non-hydrogen) atoms. The van der Waals surface area contributed by atoms with Gasteiger partial charge >= 0.3 is 0 Å². The van der Waals surface area contributed by atoms with Crippen molar-refractivity contribution in [2.45, 2.75) is 19.4 Å². The molecule has 1 fully saturated rings. The summed E-state index contributed by atoms with van der Waals surface area (Å²) in [6.07, 6.45) is 0. The average Bonchev–Trinajstić information content (AvgIpc) is 2.90. The van der Waals surface area contributed by atoms with Crippen LogP contribution in [0.25, 0.3) is 10.1 Å². The molecule has 140 valence electrons. The second kappa shape index (κ2) is 7.48. The van der Waals surface area contributed by atoms with Gasteiger partial charge in [0.15, 0.2) is 0 Å². The highest BCUT2D eigenvalue weighted by Crippen LogP contribution is 2.34. The number of aryl methyl sites for hydroxylation is 1. The Kier molecular flexibility index (Phi) is 5.47. The Labute approximate surface area is 161 Å². The van der Waals surface area contributed by atoms with E-state index in [-0.39, 0.29) is 19.1 Å². The zero-order valence-electron chi connectivity index (χ0n) is 14.7. The summed E-state index contributed by atoms with van der Waals surface area (Å²) < 4.78 is 11.9. The highest BCUT2D eigenvalue weighted by molar-refractivity contribution is 7.84. The number of thiol groups is 1. The fourth-order valence-corrected chi connectivity index (χ4v) is 3.80. The van der Waals surface area contributed by atoms with Gasteiger partial charge in [-0.15, -0.1) is 24.0 Å². The van der Waals surface area contributed by atoms with Crippen LogP contribution in [0.3, 0.4) is 0 Å². The van der Waals surface area contributed by atoms with Gasteiger partial charge in [0.25, 0.3) is 5.91 Å². The van der Waals surface area contributed by atoms with Crippen LogP contribution in [0.2, 0.25) is 0 Å². The lowest BCUT2D eigenvalue weighted by Crippen LogP contribution is -2.64. The summed E-state index contributed by atoms with van der Waals surface area (Å²) in [5.74, 6) is 0.428. The van der Waals surface area contributed by atoms with Crippen LogP contribution in [-0.2, 0) is 4.74 Å². The zero-order chi connectivity index (χ0) is 18.9. The number of aliphatic hydroxyl groups is 1. The van der Waals surface area contributed by atoms with Crippen molar-refractivity contribution in [3.8, 4) is 5.75 Å². The lowest BCUT2D eigenvalue weighted by molar-refractivity contribution is -0.0919. The first-order valence-corrected chi connectivity index (χ1v) is 9.43. The van der Waals surface area contributed by atoms with Crippen LogP contribution in [0.15, 0.2) is 28.8 Å². The molecule has 0 unspecified atom stereocenters. The van der Waals surface area contributed by atoms with E-state index in [4.69, 9.17) is 15.2 Å². The topological polar surface area (TPSA) is 93.8 Å². The fourth-order valence-electron chi connectivity index (χ4n) is 2.69. The third-order valence-corrected chi connectivity index (χ3v) is 5.90. The maximum Gasteiger partial charge on any atom is 0.253 e. The van der Waals surface area contributed by atoms with Crippen LogP contribution in [-0.4, -0.2) is 43.0 Å². The number of fused-ring (bicyclic) bond motifs is 1. The number of nitrogens with one attached hydrogen (secondary N) is 1. The van der Waals surface area contributed by atoms with Gasteiger partial charge in [-0.05, 0) is 32.0 Å². The summed E-state index contributed by atoms with van der Waals surface area (Å²) in [6, 6.07) is 5.65. The summed E-state index contributed by atoms with van der Waals surface area (Å²) >= 11 is 5.84. The highest BCUT2D eigenvalue weighted by atomic mass is 32.1. The molecule has 0 bridgehead atoms. The smallest absolute Gasteiger partial charge is 0.253 e. The number of rotatable bonds is 6. The highest BCUT2D eigenvalue weighted by Gasteiger charge is 2.40. The van der Waals surface area contributed by atoms with Crippen molar-refractivity contribution >= 4 is 40.0 Å². The van der Waals surface area contributed by atoms with Crippen molar-refractivity contribution in [3.63, 3.8) is 0 Å². The van der Waals surface area contributed by atoms with Gasteiger partial charge in [-0.2, -0.15) is 0 Å². The van der Waals surface area contributed by atoms with E-state index in [1.54, 1.807) is 18.3 Å². The fraction of sp³-hybridized carbons (Fsp3) is 0.389. The molecule has 1 amide bonds. The van der Waals surface area contributed by atoms with Gasteiger partial charge in [-0.1, -0.05) is 0 Å². The lowest BCUT2D eigenvalue weighted by atomic mass is 9.97. The molecule has 0 atom stereocenters. The minimum absolute atomic E-state index is 0.149. The summed E-state index contributed by atoms with van der Waals surface area (Å²) in [4.78, 5) is 14.4. The number of hydrogen-bond donors (Lipinski definition) is 4.